The second-order valence-corrected chi connectivity index (χ2v) is 4.54. The van der Waals surface area contributed by atoms with Crippen molar-refractivity contribution in [3.05, 3.63) is 59.7 Å². The Morgan fingerprint density at radius 3 is 2.61 bits per heavy atom. The third kappa shape index (κ3) is 4.54. The normalized spacial score (nSPS) is 11.0. The third-order valence-electron chi connectivity index (χ3n) is 2.96. The van der Waals surface area contributed by atoms with E-state index in [-0.39, 0.29) is 23.0 Å². The van der Waals surface area contributed by atoms with Gasteiger partial charge in [0.15, 0.2) is 17.3 Å². The lowest BCUT2D eigenvalue weighted by atomic mass is 10.1. The number of rotatable bonds is 6. The van der Waals surface area contributed by atoms with Gasteiger partial charge in [0, 0.05) is 5.56 Å². The van der Waals surface area contributed by atoms with Crippen molar-refractivity contribution in [2.45, 2.75) is 6.61 Å². The van der Waals surface area contributed by atoms with Gasteiger partial charge in [-0.15, -0.1) is 0 Å². The molecule has 0 saturated carbocycles. The van der Waals surface area contributed by atoms with E-state index in [0.717, 1.165) is 0 Å². The van der Waals surface area contributed by atoms with E-state index in [1.165, 1.54) is 49.6 Å². The van der Waals surface area contributed by atoms with E-state index in [1.807, 2.05) is 0 Å². The average molecular weight is 320 g/mol. The van der Waals surface area contributed by atoms with E-state index in [2.05, 4.69) is 4.74 Å². The molecule has 0 saturated heterocycles. The minimum Gasteiger partial charge on any atom is -0.508 e. The second kappa shape index (κ2) is 7.40. The summed E-state index contributed by atoms with van der Waals surface area (Å²) < 4.78 is 33.8. The number of aromatic hydroxyl groups is 1. The summed E-state index contributed by atoms with van der Waals surface area (Å²) in [4.78, 5) is 12.0. The quantitative estimate of drug-likeness (QED) is 0.648. The standard InChI is InChI=1S/C17H14F2O4/c1-22-16-9-11(6-8-15(16)23-17(18)19)5-7-14(21)12-3-2-4-13(20)10-12/h2-10,17,20H,1H3. The lowest BCUT2D eigenvalue weighted by Crippen LogP contribution is -2.03. The van der Waals surface area contributed by atoms with Crippen LogP contribution in [0.1, 0.15) is 15.9 Å². The fourth-order valence-corrected chi connectivity index (χ4v) is 1.91. The van der Waals surface area contributed by atoms with Crippen LogP contribution in [0, 0.1) is 0 Å². The maximum absolute atomic E-state index is 12.3. The van der Waals surface area contributed by atoms with Crippen LogP contribution in [0.25, 0.3) is 6.08 Å². The van der Waals surface area contributed by atoms with Crippen LogP contribution in [0.4, 0.5) is 8.78 Å². The molecule has 0 aliphatic rings. The van der Waals surface area contributed by atoms with Crippen LogP contribution in [0.15, 0.2) is 48.5 Å². The molecule has 0 aliphatic heterocycles. The van der Waals surface area contributed by atoms with Crippen molar-refractivity contribution in [2.24, 2.45) is 0 Å². The summed E-state index contributed by atoms with van der Waals surface area (Å²) in [6, 6.07) is 10.3. The number of methoxy groups -OCH3 is 1. The molecular weight excluding hydrogens is 306 g/mol. The Hall–Kier alpha value is -2.89. The number of alkyl halides is 2. The average Bonchev–Trinajstić information content (AvgIpc) is 2.53. The molecule has 0 unspecified atom stereocenters. The van der Waals surface area contributed by atoms with Crippen molar-refractivity contribution in [3.63, 3.8) is 0 Å². The van der Waals surface area contributed by atoms with E-state index in [0.29, 0.717) is 11.1 Å². The minimum atomic E-state index is -2.95. The number of ketones is 1. The Morgan fingerprint density at radius 2 is 1.96 bits per heavy atom. The maximum Gasteiger partial charge on any atom is 0.387 e. The van der Waals surface area contributed by atoms with Crippen molar-refractivity contribution in [3.8, 4) is 17.2 Å². The number of carbonyl (C=O) groups excluding carboxylic acids is 1. The SMILES string of the molecule is COc1cc(C=CC(=O)c2cccc(O)c2)ccc1OC(F)F. The molecule has 6 heteroatoms. The van der Waals surface area contributed by atoms with E-state index in [4.69, 9.17) is 4.74 Å². The van der Waals surface area contributed by atoms with E-state index in [1.54, 1.807) is 12.1 Å². The van der Waals surface area contributed by atoms with Crippen molar-refractivity contribution < 1.29 is 28.2 Å². The van der Waals surface area contributed by atoms with Crippen molar-refractivity contribution in [1.82, 2.24) is 0 Å². The number of phenols is 1. The molecule has 0 bridgehead atoms. The molecule has 0 amide bonds. The molecule has 120 valence electrons. The highest BCUT2D eigenvalue weighted by Crippen LogP contribution is 2.29. The van der Waals surface area contributed by atoms with Crippen molar-refractivity contribution in [2.75, 3.05) is 7.11 Å². The summed E-state index contributed by atoms with van der Waals surface area (Å²) in [5.41, 5.74) is 0.919. The summed E-state index contributed by atoms with van der Waals surface area (Å²) in [6.45, 7) is -2.95. The number of benzene rings is 2. The summed E-state index contributed by atoms with van der Waals surface area (Å²) in [5, 5.41) is 9.35. The Morgan fingerprint density at radius 1 is 1.17 bits per heavy atom. The highest BCUT2D eigenvalue weighted by atomic mass is 19.3. The smallest absolute Gasteiger partial charge is 0.387 e. The Balaban J connectivity index is 2.17. The summed E-state index contributed by atoms with van der Waals surface area (Å²) in [5.74, 6) is -0.247. The molecule has 0 aliphatic carbocycles. The van der Waals surface area contributed by atoms with Crippen molar-refractivity contribution in [1.29, 1.82) is 0 Å². The molecule has 0 atom stereocenters. The zero-order valence-electron chi connectivity index (χ0n) is 12.2. The van der Waals surface area contributed by atoms with Crippen LogP contribution in [-0.4, -0.2) is 24.6 Å². The number of halogens is 2. The number of hydrogen-bond donors (Lipinski definition) is 1. The molecule has 0 heterocycles. The topological polar surface area (TPSA) is 55.8 Å². The van der Waals surface area contributed by atoms with Gasteiger partial charge in [-0.05, 0) is 35.9 Å². The molecule has 0 spiro atoms. The number of ether oxygens (including phenoxy) is 2. The van der Waals surface area contributed by atoms with Gasteiger partial charge in [0.2, 0.25) is 0 Å². The van der Waals surface area contributed by atoms with Gasteiger partial charge in [-0.2, -0.15) is 8.78 Å². The fraction of sp³-hybridized carbons (Fsp3) is 0.118. The van der Waals surface area contributed by atoms with Crippen LogP contribution in [0.2, 0.25) is 0 Å². The largest absolute Gasteiger partial charge is 0.508 e. The van der Waals surface area contributed by atoms with Crippen LogP contribution in [0.3, 0.4) is 0 Å². The molecule has 0 radical (unpaired) electrons. The number of hydrogen-bond acceptors (Lipinski definition) is 4. The van der Waals surface area contributed by atoms with Crippen LogP contribution < -0.4 is 9.47 Å². The van der Waals surface area contributed by atoms with E-state index in [9.17, 15) is 18.7 Å². The van der Waals surface area contributed by atoms with Gasteiger partial charge < -0.3 is 14.6 Å². The number of carbonyl (C=O) groups is 1. The molecule has 2 rings (SSSR count). The van der Waals surface area contributed by atoms with Gasteiger partial charge >= 0.3 is 6.61 Å². The first-order valence-electron chi connectivity index (χ1n) is 6.64. The molecule has 2 aromatic carbocycles. The summed E-state index contributed by atoms with van der Waals surface area (Å²) >= 11 is 0. The molecular formula is C17H14F2O4. The van der Waals surface area contributed by atoms with Crippen LogP contribution >= 0.6 is 0 Å². The second-order valence-electron chi connectivity index (χ2n) is 4.54. The van der Waals surface area contributed by atoms with Crippen LogP contribution in [0.5, 0.6) is 17.2 Å². The first-order valence-corrected chi connectivity index (χ1v) is 6.64. The first-order chi connectivity index (χ1) is 11.0. The molecule has 23 heavy (non-hydrogen) atoms. The monoisotopic (exact) mass is 320 g/mol. The van der Waals surface area contributed by atoms with Gasteiger partial charge in [-0.1, -0.05) is 24.3 Å². The molecule has 1 N–H and O–H groups in total. The zero-order chi connectivity index (χ0) is 16.8. The minimum absolute atomic E-state index is 0.000537. The Labute approximate surface area is 131 Å². The van der Waals surface area contributed by atoms with E-state index < -0.39 is 6.61 Å². The predicted molar refractivity (Wildman–Crippen MR) is 81.1 cm³/mol. The molecule has 4 nitrogen and oxygen atoms in total. The Kier molecular flexibility index (Phi) is 5.30. The van der Waals surface area contributed by atoms with Gasteiger partial charge in [0.05, 0.1) is 7.11 Å². The van der Waals surface area contributed by atoms with E-state index >= 15 is 0 Å². The van der Waals surface area contributed by atoms with Gasteiger partial charge in [-0.25, -0.2) is 0 Å². The molecule has 0 aromatic heterocycles. The number of phenolic OH excluding ortho intramolecular Hbond substituents is 1. The maximum atomic E-state index is 12.3. The van der Waals surface area contributed by atoms with Gasteiger partial charge in [-0.3, -0.25) is 4.79 Å². The lowest BCUT2D eigenvalue weighted by molar-refractivity contribution is -0.0512. The summed E-state index contributed by atoms with van der Waals surface area (Å²) in [6.07, 6.45) is 2.83. The fourth-order valence-electron chi connectivity index (χ4n) is 1.91. The first kappa shape index (κ1) is 16.5. The van der Waals surface area contributed by atoms with Crippen molar-refractivity contribution >= 4 is 11.9 Å². The Bertz CT molecular complexity index is 726. The predicted octanol–water partition coefficient (Wildman–Crippen LogP) is 3.90. The highest BCUT2D eigenvalue weighted by molar-refractivity contribution is 6.07. The lowest BCUT2D eigenvalue weighted by Gasteiger charge is -2.10. The van der Waals surface area contributed by atoms with Crippen LogP contribution in [-0.2, 0) is 0 Å². The summed E-state index contributed by atoms with van der Waals surface area (Å²) in [7, 11) is 1.33. The number of allylic oxidation sites excluding steroid dienone is 1. The van der Waals surface area contributed by atoms with Gasteiger partial charge in [0.1, 0.15) is 5.75 Å². The highest BCUT2D eigenvalue weighted by Gasteiger charge is 2.10. The van der Waals surface area contributed by atoms with Gasteiger partial charge in [0.25, 0.3) is 0 Å². The zero-order valence-corrected chi connectivity index (χ0v) is 12.2. The molecule has 2 aromatic rings. The molecule has 0 fully saturated rings. The third-order valence-corrected chi connectivity index (χ3v) is 2.96.